The molecule has 1 N–H and O–H groups in total. The zero-order valence-electron chi connectivity index (χ0n) is 11.9. The largest absolute Gasteiger partial charge is 0.477 e. The van der Waals surface area contributed by atoms with Crippen LogP contribution in [-0.2, 0) is 11.3 Å². The van der Waals surface area contributed by atoms with E-state index in [2.05, 4.69) is 5.10 Å². The van der Waals surface area contributed by atoms with Gasteiger partial charge in [0.25, 0.3) is 0 Å². The molecule has 0 amide bonds. The van der Waals surface area contributed by atoms with Crippen LogP contribution in [0.5, 0.6) is 0 Å². The first-order valence-corrected chi connectivity index (χ1v) is 6.98. The van der Waals surface area contributed by atoms with Crippen molar-refractivity contribution in [2.45, 2.75) is 13.0 Å². The van der Waals surface area contributed by atoms with E-state index >= 15 is 0 Å². The van der Waals surface area contributed by atoms with E-state index in [-0.39, 0.29) is 12.0 Å². The first-order chi connectivity index (χ1) is 11.0. The molecule has 2 aromatic rings. The van der Waals surface area contributed by atoms with Crippen molar-refractivity contribution in [2.75, 3.05) is 0 Å². The second-order valence-corrected chi connectivity index (χ2v) is 5.02. The number of carboxylic acids is 1. The van der Waals surface area contributed by atoms with E-state index in [1.165, 1.54) is 6.08 Å². The van der Waals surface area contributed by atoms with E-state index < -0.39 is 5.97 Å². The van der Waals surface area contributed by atoms with Crippen LogP contribution in [0.3, 0.4) is 0 Å². The summed E-state index contributed by atoms with van der Waals surface area (Å²) in [6.07, 6.45) is 3.15. The molecule has 0 radical (unpaired) electrons. The van der Waals surface area contributed by atoms with Gasteiger partial charge >= 0.3 is 5.97 Å². The molecule has 1 aromatic heterocycles. The summed E-state index contributed by atoms with van der Waals surface area (Å²) in [6.45, 7) is 0.375. The molecular weight excluding hydrogens is 316 g/mol. The van der Waals surface area contributed by atoms with E-state index in [4.69, 9.17) is 27.2 Å². The normalized spacial score (nSPS) is 10.8. The molecular formula is C16H11ClN4O2. The van der Waals surface area contributed by atoms with E-state index in [1.807, 2.05) is 6.07 Å². The van der Waals surface area contributed by atoms with Crippen LogP contribution >= 0.6 is 11.6 Å². The number of carboxylic acid groups (broad SMARTS) is 1. The lowest BCUT2D eigenvalue weighted by Gasteiger charge is -1.99. The number of nitriles is 2. The topological polar surface area (TPSA) is 103 Å². The SMILES string of the molecule is N#CCCn1cc(/C=C(/C#N)C(=O)O)c(-c2ccc(Cl)cc2)n1. The summed E-state index contributed by atoms with van der Waals surface area (Å²) in [7, 11) is 0. The minimum atomic E-state index is -1.31. The Labute approximate surface area is 137 Å². The van der Waals surface area contributed by atoms with Crippen molar-refractivity contribution in [3.05, 3.63) is 46.6 Å². The van der Waals surface area contributed by atoms with Gasteiger partial charge < -0.3 is 5.11 Å². The fourth-order valence-corrected chi connectivity index (χ4v) is 2.08. The van der Waals surface area contributed by atoms with Crippen molar-refractivity contribution in [3.8, 4) is 23.4 Å². The van der Waals surface area contributed by atoms with E-state index in [9.17, 15) is 4.79 Å². The van der Waals surface area contributed by atoms with Crippen LogP contribution in [0.2, 0.25) is 5.02 Å². The van der Waals surface area contributed by atoms with Crippen LogP contribution in [0.15, 0.2) is 36.0 Å². The second kappa shape index (κ2) is 7.26. The third kappa shape index (κ3) is 3.97. The van der Waals surface area contributed by atoms with Gasteiger partial charge in [-0.25, -0.2) is 4.79 Å². The monoisotopic (exact) mass is 326 g/mol. The highest BCUT2D eigenvalue weighted by atomic mass is 35.5. The zero-order valence-corrected chi connectivity index (χ0v) is 12.7. The highest BCUT2D eigenvalue weighted by molar-refractivity contribution is 6.30. The van der Waals surface area contributed by atoms with Crippen LogP contribution in [-0.4, -0.2) is 20.9 Å². The van der Waals surface area contributed by atoms with Gasteiger partial charge in [0.2, 0.25) is 0 Å². The van der Waals surface area contributed by atoms with Crippen molar-refractivity contribution < 1.29 is 9.90 Å². The van der Waals surface area contributed by atoms with Crippen LogP contribution in [0.4, 0.5) is 0 Å². The predicted octanol–water partition coefficient (Wildman–Crippen LogP) is 3.11. The Morgan fingerprint density at radius 3 is 2.61 bits per heavy atom. The maximum atomic E-state index is 11.0. The molecule has 2 rings (SSSR count). The van der Waals surface area contributed by atoms with Gasteiger partial charge in [-0.2, -0.15) is 15.6 Å². The summed E-state index contributed by atoms with van der Waals surface area (Å²) >= 11 is 5.87. The lowest BCUT2D eigenvalue weighted by Crippen LogP contribution is -1.97. The Kier molecular flexibility index (Phi) is 5.14. The van der Waals surface area contributed by atoms with Gasteiger partial charge in [0.05, 0.1) is 24.7 Å². The van der Waals surface area contributed by atoms with Gasteiger partial charge in [-0.05, 0) is 18.2 Å². The average Bonchev–Trinajstić information content (AvgIpc) is 2.94. The third-order valence-electron chi connectivity index (χ3n) is 3.01. The summed E-state index contributed by atoms with van der Waals surface area (Å²) in [4.78, 5) is 11.0. The molecule has 6 nitrogen and oxygen atoms in total. The lowest BCUT2D eigenvalue weighted by molar-refractivity contribution is -0.132. The molecule has 0 aliphatic carbocycles. The number of rotatable bonds is 5. The molecule has 0 unspecified atom stereocenters. The van der Waals surface area contributed by atoms with Crippen molar-refractivity contribution >= 4 is 23.6 Å². The van der Waals surface area contributed by atoms with Gasteiger partial charge in [-0.1, -0.05) is 23.7 Å². The van der Waals surface area contributed by atoms with E-state index in [0.717, 1.165) is 5.56 Å². The number of aryl methyl sites for hydroxylation is 1. The highest BCUT2D eigenvalue weighted by Crippen LogP contribution is 2.25. The smallest absolute Gasteiger partial charge is 0.346 e. The van der Waals surface area contributed by atoms with Crippen molar-refractivity contribution in [3.63, 3.8) is 0 Å². The van der Waals surface area contributed by atoms with Gasteiger partial charge in [0, 0.05) is 22.3 Å². The van der Waals surface area contributed by atoms with Crippen LogP contribution in [0.1, 0.15) is 12.0 Å². The van der Waals surface area contributed by atoms with Crippen molar-refractivity contribution in [1.29, 1.82) is 10.5 Å². The standard InChI is InChI=1S/C16H11ClN4O2/c17-14-4-2-11(3-5-14)15-13(8-12(9-19)16(22)23)10-21(20-15)7-1-6-18/h2-5,8,10H,1,7H2,(H,22,23)/b12-8-. The molecule has 0 aliphatic heterocycles. The maximum absolute atomic E-state index is 11.0. The molecule has 0 aliphatic rings. The van der Waals surface area contributed by atoms with Crippen LogP contribution in [0.25, 0.3) is 17.3 Å². The Bertz CT molecular complexity index is 838. The molecule has 0 bridgehead atoms. The Morgan fingerprint density at radius 1 is 1.35 bits per heavy atom. The summed E-state index contributed by atoms with van der Waals surface area (Å²) in [6, 6.07) is 10.6. The lowest BCUT2D eigenvalue weighted by atomic mass is 10.1. The number of aliphatic carboxylic acids is 1. The molecule has 114 valence electrons. The Hall–Kier alpha value is -3.09. The first-order valence-electron chi connectivity index (χ1n) is 6.60. The van der Waals surface area contributed by atoms with Crippen LogP contribution < -0.4 is 0 Å². The van der Waals surface area contributed by atoms with Gasteiger partial charge in [0.15, 0.2) is 0 Å². The summed E-state index contributed by atoms with van der Waals surface area (Å²) < 4.78 is 1.55. The number of hydrogen-bond acceptors (Lipinski definition) is 4. The molecule has 7 heteroatoms. The van der Waals surface area contributed by atoms with Gasteiger partial charge in [-0.15, -0.1) is 0 Å². The number of aromatic nitrogens is 2. The summed E-state index contributed by atoms with van der Waals surface area (Å²) in [5.41, 5.74) is 1.36. The van der Waals surface area contributed by atoms with Gasteiger partial charge in [0.1, 0.15) is 11.6 Å². The average molecular weight is 327 g/mol. The Morgan fingerprint density at radius 2 is 2.04 bits per heavy atom. The molecule has 0 saturated carbocycles. The first kappa shape index (κ1) is 16.3. The number of nitrogens with zero attached hydrogens (tertiary/aromatic N) is 4. The molecule has 23 heavy (non-hydrogen) atoms. The quantitative estimate of drug-likeness (QED) is 0.671. The number of benzene rings is 1. The van der Waals surface area contributed by atoms with Gasteiger partial charge in [-0.3, -0.25) is 4.68 Å². The molecule has 0 spiro atoms. The molecule has 0 saturated heterocycles. The number of carbonyl (C=O) groups is 1. The fourth-order valence-electron chi connectivity index (χ4n) is 1.95. The highest BCUT2D eigenvalue weighted by Gasteiger charge is 2.13. The third-order valence-corrected chi connectivity index (χ3v) is 3.26. The van der Waals surface area contributed by atoms with E-state index in [0.29, 0.717) is 22.8 Å². The summed E-state index contributed by atoms with van der Waals surface area (Å²) in [5, 5.41) is 31.5. The van der Waals surface area contributed by atoms with E-state index in [1.54, 1.807) is 41.2 Å². The fraction of sp³-hybridized carbons (Fsp3) is 0.125. The minimum Gasteiger partial charge on any atom is -0.477 e. The zero-order chi connectivity index (χ0) is 16.8. The predicted molar refractivity (Wildman–Crippen MR) is 84.1 cm³/mol. The summed E-state index contributed by atoms with van der Waals surface area (Å²) in [5.74, 6) is -1.31. The molecule has 1 aromatic carbocycles. The van der Waals surface area contributed by atoms with Crippen molar-refractivity contribution in [2.24, 2.45) is 0 Å². The van der Waals surface area contributed by atoms with Crippen molar-refractivity contribution in [1.82, 2.24) is 9.78 Å². The molecule has 1 heterocycles. The molecule has 0 atom stereocenters. The maximum Gasteiger partial charge on any atom is 0.346 e. The van der Waals surface area contributed by atoms with Crippen LogP contribution in [0, 0.1) is 22.7 Å². The number of halogens is 1. The second-order valence-electron chi connectivity index (χ2n) is 4.59. The Balaban J connectivity index is 2.53. The number of hydrogen-bond donors (Lipinski definition) is 1. The molecule has 0 fully saturated rings. The minimum absolute atomic E-state index is 0.273.